The van der Waals surface area contributed by atoms with Crippen LogP contribution in [0.15, 0.2) is 40.9 Å². The summed E-state index contributed by atoms with van der Waals surface area (Å²) < 4.78 is 0.711. The van der Waals surface area contributed by atoms with Crippen LogP contribution in [0.2, 0.25) is 5.02 Å². The fourth-order valence-electron chi connectivity index (χ4n) is 2.35. The van der Waals surface area contributed by atoms with Gasteiger partial charge in [-0.25, -0.2) is 0 Å². The first-order valence-corrected chi connectivity index (χ1v) is 7.64. The van der Waals surface area contributed by atoms with Crippen LogP contribution in [-0.2, 0) is 11.2 Å². The number of hydrogen-bond acceptors (Lipinski definition) is 2. The van der Waals surface area contributed by atoms with Gasteiger partial charge in [-0.1, -0.05) is 27.5 Å². The van der Waals surface area contributed by atoms with Gasteiger partial charge in [-0.05, 0) is 48.4 Å². The van der Waals surface area contributed by atoms with Gasteiger partial charge in [-0.2, -0.15) is 0 Å². The van der Waals surface area contributed by atoms with Gasteiger partial charge in [0.2, 0.25) is 5.91 Å². The SMILES string of the molecule is O=C1CCc2cc(C(=O)c3cc(Cl)ccc3Br)ccc2N1. The van der Waals surface area contributed by atoms with E-state index < -0.39 is 0 Å². The molecule has 0 spiro atoms. The predicted octanol–water partition coefficient (Wildman–Crippen LogP) is 4.22. The number of ketones is 1. The molecule has 5 heteroatoms. The second-order valence-electron chi connectivity index (χ2n) is 4.87. The molecule has 106 valence electrons. The van der Waals surface area contributed by atoms with Crippen molar-refractivity contribution in [2.45, 2.75) is 12.8 Å². The molecule has 0 atom stereocenters. The van der Waals surface area contributed by atoms with Crippen LogP contribution < -0.4 is 5.32 Å². The standard InChI is InChI=1S/C16H11BrClNO2/c17-13-4-3-11(18)8-12(13)16(21)10-1-5-14-9(7-10)2-6-15(20)19-14/h1,3-5,7-8H,2,6H2,(H,19,20). The summed E-state index contributed by atoms with van der Waals surface area (Å²) in [5, 5.41) is 3.33. The van der Waals surface area contributed by atoms with Crippen molar-refractivity contribution in [2.75, 3.05) is 5.32 Å². The fourth-order valence-corrected chi connectivity index (χ4v) is 2.95. The number of nitrogens with one attached hydrogen (secondary N) is 1. The molecule has 2 aromatic carbocycles. The largest absolute Gasteiger partial charge is 0.326 e. The first-order chi connectivity index (χ1) is 10.0. The van der Waals surface area contributed by atoms with Crippen LogP contribution in [0.25, 0.3) is 0 Å². The van der Waals surface area contributed by atoms with E-state index in [1.54, 1.807) is 30.3 Å². The minimum absolute atomic E-state index is 0.0131. The number of benzene rings is 2. The Morgan fingerprint density at radius 2 is 1.95 bits per heavy atom. The molecule has 3 rings (SSSR count). The lowest BCUT2D eigenvalue weighted by molar-refractivity contribution is -0.116. The highest BCUT2D eigenvalue weighted by atomic mass is 79.9. The Morgan fingerprint density at radius 1 is 1.14 bits per heavy atom. The van der Waals surface area contributed by atoms with Crippen molar-refractivity contribution in [3.63, 3.8) is 0 Å². The van der Waals surface area contributed by atoms with Crippen molar-refractivity contribution in [1.82, 2.24) is 0 Å². The molecular weight excluding hydrogens is 354 g/mol. The summed E-state index contributed by atoms with van der Waals surface area (Å²) in [6.07, 6.45) is 1.10. The third-order valence-electron chi connectivity index (χ3n) is 3.44. The molecule has 0 bridgehead atoms. The van der Waals surface area contributed by atoms with Crippen molar-refractivity contribution in [2.24, 2.45) is 0 Å². The maximum atomic E-state index is 12.6. The highest BCUT2D eigenvalue weighted by Crippen LogP contribution is 2.27. The lowest BCUT2D eigenvalue weighted by Crippen LogP contribution is -2.19. The first kappa shape index (κ1) is 14.3. The summed E-state index contributed by atoms with van der Waals surface area (Å²) in [7, 11) is 0. The second-order valence-corrected chi connectivity index (χ2v) is 6.16. The van der Waals surface area contributed by atoms with E-state index in [2.05, 4.69) is 21.2 Å². The first-order valence-electron chi connectivity index (χ1n) is 6.47. The Morgan fingerprint density at radius 3 is 2.76 bits per heavy atom. The molecule has 1 heterocycles. The molecule has 0 fully saturated rings. The lowest BCUT2D eigenvalue weighted by atomic mass is 9.96. The normalized spacial score (nSPS) is 13.5. The Labute approximate surface area is 135 Å². The summed E-state index contributed by atoms with van der Waals surface area (Å²) in [6, 6.07) is 10.5. The number of carbonyl (C=O) groups excluding carboxylic acids is 2. The average Bonchev–Trinajstić information content (AvgIpc) is 2.48. The van der Waals surface area contributed by atoms with E-state index in [9.17, 15) is 9.59 Å². The molecule has 1 N–H and O–H groups in total. The smallest absolute Gasteiger partial charge is 0.224 e. The molecular formula is C16H11BrClNO2. The predicted molar refractivity (Wildman–Crippen MR) is 86.0 cm³/mol. The number of halogens is 2. The Hall–Kier alpha value is -1.65. The summed E-state index contributed by atoms with van der Waals surface area (Å²) in [5.41, 5.74) is 2.89. The molecule has 1 aliphatic heterocycles. The van der Waals surface area contributed by atoms with Crippen molar-refractivity contribution in [1.29, 1.82) is 0 Å². The monoisotopic (exact) mass is 363 g/mol. The number of rotatable bonds is 2. The Bertz CT molecular complexity index is 758. The zero-order valence-electron chi connectivity index (χ0n) is 11.0. The molecule has 1 aliphatic rings. The van der Waals surface area contributed by atoms with Crippen molar-refractivity contribution in [3.05, 3.63) is 62.6 Å². The van der Waals surface area contributed by atoms with Crippen LogP contribution in [0.5, 0.6) is 0 Å². The molecule has 1 amide bonds. The maximum absolute atomic E-state index is 12.6. The van der Waals surface area contributed by atoms with Crippen LogP contribution in [0.4, 0.5) is 5.69 Å². The van der Waals surface area contributed by atoms with Gasteiger partial charge in [0, 0.05) is 32.7 Å². The topological polar surface area (TPSA) is 46.2 Å². The summed E-state index contributed by atoms with van der Waals surface area (Å²) >= 11 is 9.33. The molecule has 3 nitrogen and oxygen atoms in total. The van der Waals surface area contributed by atoms with Gasteiger partial charge >= 0.3 is 0 Å². The number of hydrogen-bond donors (Lipinski definition) is 1. The van der Waals surface area contributed by atoms with E-state index in [4.69, 9.17) is 11.6 Å². The molecule has 0 saturated carbocycles. The van der Waals surface area contributed by atoms with E-state index in [0.29, 0.717) is 33.5 Å². The van der Waals surface area contributed by atoms with Gasteiger partial charge < -0.3 is 5.32 Å². The molecule has 21 heavy (non-hydrogen) atoms. The minimum Gasteiger partial charge on any atom is -0.326 e. The van der Waals surface area contributed by atoms with Gasteiger partial charge in [-0.3, -0.25) is 9.59 Å². The zero-order chi connectivity index (χ0) is 15.0. The molecule has 0 radical (unpaired) electrons. The number of anilines is 1. The third kappa shape index (κ3) is 2.87. The van der Waals surface area contributed by atoms with Crippen molar-refractivity contribution < 1.29 is 9.59 Å². The quantitative estimate of drug-likeness (QED) is 0.811. The maximum Gasteiger partial charge on any atom is 0.224 e. The lowest BCUT2D eigenvalue weighted by Gasteiger charge is -2.17. The van der Waals surface area contributed by atoms with Crippen LogP contribution in [-0.4, -0.2) is 11.7 Å². The highest BCUT2D eigenvalue weighted by Gasteiger charge is 2.18. The molecule has 0 aromatic heterocycles. The van der Waals surface area contributed by atoms with Gasteiger partial charge in [-0.15, -0.1) is 0 Å². The van der Waals surface area contributed by atoms with Gasteiger partial charge in [0.1, 0.15) is 0 Å². The van der Waals surface area contributed by atoms with Crippen molar-refractivity contribution >= 4 is 44.9 Å². The molecule has 0 saturated heterocycles. The van der Waals surface area contributed by atoms with E-state index in [1.807, 2.05) is 6.07 Å². The van der Waals surface area contributed by atoms with Crippen LogP contribution >= 0.6 is 27.5 Å². The summed E-state index contributed by atoms with van der Waals surface area (Å²) in [6.45, 7) is 0. The number of fused-ring (bicyclic) bond motifs is 1. The average molecular weight is 365 g/mol. The van der Waals surface area contributed by atoms with Crippen LogP contribution in [0.3, 0.4) is 0 Å². The van der Waals surface area contributed by atoms with Crippen LogP contribution in [0.1, 0.15) is 27.9 Å². The van der Waals surface area contributed by atoms with E-state index >= 15 is 0 Å². The van der Waals surface area contributed by atoms with Crippen molar-refractivity contribution in [3.8, 4) is 0 Å². The van der Waals surface area contributed by atoms with E-state index in [1.165, 1.54) is 0 Å². The molecule has 0 unspecified atom stereocenters. The number of carbonyl (C=O) groups is 2. The van der Waals surface area contributed by atoms with E-state index in [0.717, 1.165) is 11.3 Å². The number of aryl methyl sites for hydroxylation is 1. The molecule has 2 aromatic rings. The van der Waals surface area contributed by atoms with Gasteiger partial charge in [0.05, 0.1) is 0 Å². The summed E-state index contributed by atoms with van der Waals surface area (Å²) in [4.78, 5) is 23.9. The summed E-state index contributed by atoms with van der Waals surface area (Å²) in [5.74, 6) is -0.0803. The molecule has 0 aliphatic carbocycles. The van der Waals surface area contributed by atoms with E-state index in [-0.39, 0.29) is 11.7 Å². The number of amides is 1. The van der Waals surface area contributed by atoms with Gasteiger partial charge in [0.15, 0.2) is 5.78 Å². The Balaban J connectivity index is 1.99. The highest BCUT2D eigenvalue weighted by molar-refractivity contribution is 9.10. The van der Waals surface area contributed by atoms with Crippen LogP contribution in [0, 0.1) is 0 Å². The zero-order valence-corrected chi connectivity index (χ0v) is 13.3. The van der Waals surface area contributed by atoms with Gasteiger partial charge in [0.25, 0.3) is 0 Å². The minimum atomic E-state index is -0.0934. The second kappa shape index (κ2) is 5.62. The third-order valence-corrected chi connectivity index (χ3v) is 4.36. The fraction of sp³-hybridized carbons (Fsp3) is 0.125. The Kier molecular flexibility index (Phi) is 3.83.